The van der Waals surface area contributed by atoms with Crippen LogP contribution in [0.15, 0.2) is 132 Å². The zero-order chi connectivity index (χ0) is 21.5. The van der Waals surface area contributed by atoms with E-state index in [0.29, 0.717) is 0 Å². The van der Waals surface area contributed by atoms with Crippen molar-refractivity contribution in [1.29, 1.82) is 0 Å². The molecule has 0 N–H and O–H groups in total. The van der Waals surface area contributed by atoms with E-state index in [1.807, 2.05) is 0 Å². The van der Waals surface area contributed by atoms with Crippen LogP contribution in [0.1, 0.15) is 22.3 Å². The van der Waals surface area contributed by atoms with E-state index in [1.165, 1.54) is 44.5 Å². The lowest BCUT2D eigenvalue weighted by Crippen LogP contribution is -2.28. The van der Waals surface area contributed by atoms with E-state index in [0.717, 1.165) is 4.47 Å². The second-order valence-electron chi connectivity index (χ2n) is 8.27. The highest BCUT2D eigenvalue weighted by Crippen LogP contribution is 2.58. The van der Waals surface area contributed by atoms with Gasteiger partial charge in [0, 0.05) is 4.47 Å². The van der Waals surface area contributed by atoms with Gasteiger partial charge in [0.2, 0.25) is 0 Å². The first-order valence-corrected chi connectivity index (χ1v) is 11.7. The summed E-state index contributed by atoms with van der Waals surface area (Å²) in [7, 11) is 0. The molecule has 0 spiro atoms. The van der Waals surface area contributed by atoms with Crippen molar-refractivity contribution in [3.8, 4) is 22.3 Å². The molecule has 0 nitrogen and oxygen atoms in total. The average Bonchev–Trinajstić information content (AvgIpc) is 3.16. The molecular formula is C31H21Br. The summed E-state index contributed by atoms with van der Waals surface area (Å²) in [5.41, 5.74) is 10.0. The first kappa shape index (κ1) is 19.3. The first-order chi connectivity index (χ1) is 15.8. The van der Waals surface area contributed by atoms with Crippen molar-refractivity contribution in [2.45, 2.75) is 5.41 Å². The molecule has 32 heavy (non-hydrogen) atoms. The molecule has 152 valence electrons. The van der Waals surface area contributed by atoms with Crippen molar-refractivity contribution in [2.24, 2.45) is 0 Å². The molecular weight excluding hydrogens is 452 g/mol. The van der Waals surface area contributed by atoms with Crippen LogP contribution in [0.5, 0.6) is 0 Å². The largest absolute Gasteiger partial charge is 0.0714 e. The topological polar surface area (TPSA) is 0 Å². The van der Waals surface area contributed by atoms with Gasteiger partial charge < -0.3 is 0 Å². The smallest absolute Gasteiger partial charge is 0.0622 e. The second-order valence-corrected chi connectivity index (χ2v) is 9.18. The number of benzene rings is 5. The molecule has 5 aromatic carbocycles. The Morgan fingerprint density at radius 1 is 0.469 bits per heavy atom. The van der Waals surface area contributed by atoms with E-state index in [1.54, 1.807) is 0 Å². The predicted molar refractivity (Wildman–Crippen MR) is 137 cm³/mol. The third-order valence-electron chi connectivity index (χ3n) is 6.62. The minimum atomic E-state index is -0.373. The summed E-state index contributed by atoms with van der Waals surface area (Å²) in [5.74, 6) is 0. The maximum absolute atomic E-state index is 3.77. The van der Waals surface area contributed by atoms with Gasteiger partial charge in [0.1, 0.15) is 0 Å². The molecule has 0 heterocycles. The third kappa shape index (κ3) is 2.75. The van der Waals surface area contributed by atoms with Crippen LogP contribution >= 0.6 is 15.9 Å². The number of fused-ring (bicyclic) bond motifs is 3. The van der Waals surface area contributed by atoms with E-state index >= 15 is 0 Å². The fraction of sp³-hybridized carbons (Fsp3) is 0.0323. The van der Waals surface area contributed by atoms with Gasteiger partial charge in [0.05, 0.1) is 5.41 Å². The monoisotopic (exact) mass is 472 g/mol. The van der Waals surface area contributed by atoms with Crippen LogP contribution in [-0.2, 0) is 5.41 Å². The summed E-state index contributed by atoms with van der Waals surface area (Å²) in [6.07, 6.45) is 0. The van der Waals surface area contributed by atoms with Gasteiger partial charge in [0.15, 0.2) is 0 Å². The van der Waals surface area contributed by atoms with Crippen molar-refractivity contribution in [1.82, 2.24) is 0 Å². The van der Waals surface area contributed by atoms with Gasteiger partial charge >= 0.3 is 0 Å². The van der Waals surface area contributed by atoms with Crippen LogP contribution < -0.4 is 0 Å². The van der Waals surface area contributed by atoms with Crippen LogP contribution in [0, 0.1) is 0 Å². The molecule has 0 fully saturated rings. The molecule has 0 radical (unpaired) electrons. The second kappa shape index (κ2) is 7.62. The lowest BCUT2D eigenvalue weighted by molar-refractivity contribution is 0.768. The molecule has 6 rings (SSSR count). The summed E-state index contributed by atoms with van der Waals surface area (Å²) in [6, 6.07) is 46.1. The Balaban J connectivity index is 1.80. The van der Waals surface area contributed by atoms with Crippen LogP contribution in [0.3, 0.4) is 0 Å². The van der Waals surface area contributed by atoms with Crippen molar-refractivity contribution < 1.29 is 0 Å². The normalized spacial score (nSPS) is 13.4. The number of hydrogen-bond acceptors (Lipinski definition) is 0. The highest BCUT2D eigenvalue weighted by Gasteiger charge is 2.46. The molecule has 0 atom stereocenters. The zero-order valence-electron chi connectivity index (χ0n) is 17.5. The van der Waals surface area contributed by atoms with Gasteiger partial charge in [0.25, 0.3) is 0 Å². The fourth-order valence-corrected chi connectivity index (χ4v) is 5.73. The standard InChI is InChI=1S/C31H21Br/c32-25-19-20-27-29(21-25)31(23-13-6-2-7-14-23,24-15-8-3-9-16-24)28-18-10-17-26(30(27)28)22-11-4-1-5-12-22/h1-21H. The molecule has 0 amide bonds. The van der Waals surface area contributed by atoms with E-state index in [-0.39, 0.29) is 5.41 Å². The summed E-state index contributed by atoms with van der Waals surface area (Å²) in [6.45, 7) is 0. The molecule has 0 saturated carbocycles. The third-order valence-corrected chi connectivity index (χ3v) is 7.12. The highest BCUT2D eigenvalue weighted by atomic mass is 79.9. The van der Waals surface area contributed by atoms with E-state index in [9.17, 15) is 0 Å². The minimum Gasteiger partial charge on any atom is -0.0622 e. The minimum absolute atomic E-state index is 0.373. The van der Waals surface area contributed by atoms with E-state index < -0.39 is 0 Å². The Morgan fingerprint density at radius 3 is 1.69 bits per heavy atom. The molecule has 0 bridgehead atoms. The van der Waals surface area contributed by atoms with E-state index in [4.69, 9.17) is 0 Å². The van der Waals surface area contributed by atoms with Crippen LogP contribution in [0.4, 0.5) is 0 Å². The quantitative estimate of drug-likeness (QED) is 0.242. The van der Waals surface area contributed by atoms with Crippen LogP contribution in [-0.4, -0.2) is 0 Å². The zero-order valence-corrected chi connectivity index (χ0v) is 19.1. The maximum Gasteiger partial charge on any atom is 0.0714 e. The Bertz CT molecular complexity index is 1360. The van der Waals surface area contributed by atoms with Gasteiger partial charge in [-0.1, -0.05) is 131 Å². The Hall–Kier alpha value is -3.42. The van der Waals surface area contributed by atoms with Crippen molar-refractivity contribution in [3.05, 3.63) is 154 Å². The molecule has 1 aliphatic rings. The molecule has 0 unspecified atom stereocenters. The van der Waals surface area contributed by atoms with Crippen LogP contribution in [0.2, 0.25) is 0 Å². The fourth-order valence-electron chi connectivity index (χ4n) is 5.37. The summed E-state index contributed by atoms with van der Waals surface area (Å²) >= 11 is 3.77. The van der Waals surface area contributed by atoms with E-state index in [2.05, 4.69) is 143 Å². The van der Waals surface area contributed by atoms with Crippen molar-refractivity contribution in [3.63, 3.8) is 0 Å². The molecule has 1 aliphatic carbocycles. The highest BCUT2D eigenvalue weighted by molar-refractivity contribution is 9.10. The van der Waals surface area contributed by atoms with Crippen molar-refractivity contribution in [2.75, 3.05) is 0 Å². The Labute approximate surface area is 197 Å². The molecule has 0 aromatic heterocycles. The SMILES string of the molecule is Brc1ccc2c(c1)C(c1ccccc1)(c1ccccc1)c1cccc(-c3ccccc3)c1-2. The molecule has 0 saturated heterocycles. The lowest BCUT2D eigenvalue weighted by atomic mass is 9.67. The first-order valence-electron chi connectivity index (χ1n) is 10.9. The number of hydrogen-bond donors (Lipinski definition) is 0. The van der Waals surface area contributed by atoms with Gasteiger partial charge in [-0.05, 0) is 56.6 Å². The Kier molecular flexibility index (Phi) is 4.59. The predicted octanol–water partition coefficient (Wildman–Crippen LogP) is 8.48. The summed E-state index contributed by atoms with van der Waals surface area (Å²) < 4.78 is 1.10. The van der Waals surface area contributed by atoms with Gasteiger partial charge in [-0.25, -0.2) is 0 Å². The maximum atomic E-state index is 3.77. The molecule has 0 aliphatic heterocycles. The van der Waals surface area contributed by atoms with Crippen LogP contribution in [0.25, 0.3) is 22.3 Å². The number of rotatable bonds is 3. The summed E-state index contributed by atoms with van der Waals surface area (Å²) in [5, 5.41) is 0. The average molecular weight is 473 g/mol. The summed E-state index contributed by atoms with van der Waals surface area (Å²) in [4.78, 5) is 0. The van der Waals surface area contributed by atoms with Crippen molar-refractivity contribution >= 4 is 15.9 Å². The molecule has 1 heteroatoms. The van der Waals surface area contributed by atoms with Gasteiger partial charge in [-0.15, -0.1) is 0 Å². The molecule has 5 aromatic rings. The van der Waals surface area contributed by atoms with Gasteiger partial charge in [-0.3, -0.25) is 0 Å². The Morgan fingerprint density at radius 2 is 1.06 bits per heavy atom. The lowest BCUT2D eigenvalue weighted by Gasteiger charge is -2.34. The van der Waals surface area contributed by atoms with Gasteiger partial charge in [-0.2, -0.15) is 0 Å². The number of halogens is 1.